The molecule has 0 bridgehead atoms. The number of nitrogens with zero attached hydrogens (tertiary/aromatic N) is 1. The molecule has 0 amide bonds. The van der Waals surface area contributed by atoms with Crippen molar-refractivity contribution >= 4 is 22.7 Å². The Morgan fingerprint density at radius 2 is 1.82 bits per heavy atom. The van der Waals surface area contributed by atoms with E-state index in [-0.39, 0.29) is 22.5 Å². The van der Waals surface area contributed by atoms with Gasteiger partial charge in [0.2, 0.25) is 5.89 Å². The van der Waals surface area contributed by atoms with E-state index in [4.69, 9.17) is 4.42 Å². The van der Waals surface area contributed by atoms with Gasteiger partial charge in [-0.25, -0.2) is 9.78 Å². The molecule has 0 spiro atoms. The first-order valence-corrected chi connectivity index (χ1v) is 7.00. The molecule has 7 heteroatoms. The summed E-state index contributed by atoms with van der Waals surface area (Å²) < 4.78 is 42.4. The van der Waals surface area contributed by atoms with Gasteiger partial charge in [-0.15, -0.1) is 0 Å². The topological polar surface area (TPSA) is 43.1 Å². The molecular formula is C15H8F3NO2S. The average molecular weight is 323 g/mol. The number of alkyl halides is 3. The fraction of sp³-hybridized carbons (Fsp3) is 0.0667. The highest BCUT2D eigenvalue weighted by Gasteiger charge is 2.29. The molecule has 0 saturated heterocycles. The van der Waals surface area contributed by atoms with Crippen LogP contribution in [0.4, 0.5) is 13.2 Å². The first kappa shape index (κ1) is 14.6. The maximum Gasteiger partial charge on any atom is 0.446 e. The summed E-state index contributed by atoms with van der Waals surface area (Å²) in [6, 6.07) is 12.2. The van der Waals surface area contributed by atoms with Gasteiger partial charge in [0.1, 0.15) is 0 Å². The summed E-state index contributed by atoms with van der Waals surface area (Å²) in [7, 11) is 0. The number of benzene rings is 2. The molecule has 1 aromatic heterocycles. The highest BCUT2D eigenvalue weighted by molar-refractivity contribution is 8.00. The zero-order valence-corrected chi connectivity index (χ0v) is 11.7. The average Bonchev–Trinajstić information content (AvgIpc) is 2.46. The summed E-state index contributed by atoms with van der Waals surface area (Å²) in [6.45, 7) is 0. The van der Waals surface area contributed by atoms with Crippen LogP contribution >= 0.6 is 11.8 Å². The van der Waals surface area contributed by atoms with Crippen LogP contribution in [0.25, 0.3) is 22.4 Å². The van der Waals surface area contributed by atoms with Crippen LogP contribution in [0.1, 0.15) is 0 Å². The van der Waals surface area contributed by atoms with E-state index in [1.165, 1.54) is 18.2 Å². The number of hydrogen-bond acceptors (Lipinski definition) is 4. The van der Waals surface area contributed by atoms with Crippen molar-refractivity contribution in [3.63, 3.8) is 0 Å². The second-order valence-corrected chi connectivity index (χ2v) is 5.54. The molecule has 3 aromatic rings. The molecule has 0 radical (unpaired) electrons. The first-order chi connectivity index (χ1) is 10.4. The van der Waals surface area contributed by atoms with Crippen LogP contribution in [0.15, 0.2) is 62.6 Å². The predicted octanol–water partition coefficient (Wildman–Crippen LogP) is 4.47. The Balaban J connectivity index is 2.08. The summed E-state index contributed by atoms with van der Waals surface area (Å²) in [5, 5.41) is 0.326. The van der Waals surface area contributed by atoms with E-state index in [1.807, 2.05) is 0 Å². The molecule has 0 fully saturated rings. The maximum absolute atomic E-state index is 12.4. The molecule has 0 aliphatic rings. The number of halogens is 3. The minimum atomic E-state index is -4.38. The fourth-order valence-electron chi connectivity index (χ4n) is 1.97. The third-order valence-electron chi connectivity index (χ3n) is 2.85. The van der Waals surface area contributed by atoms with Gasteiger partial charge in [-0.3, -0.25) is 0 Å². The van der Waals surface area contributed by atoms with E-state index in [9.17, 15) is 18.0 Å². The van der Waals surface area contributed by atoms with Crippen molar-refractivity contribution in [2.45, 2.75) is 10.4 Å². The molecular weight excluding hydrogens is 315 g/mol. The van der Waals surface area contributed by atoms with Crippen LogP contribution < -0.4 is 5.63 Å². The van der Waals surface area contributed by atoms with Crippen LogP contribution in [0.3, 0.4) is 0 Å². The lowest BCUT2D eigenvalue weighted by Crippen LogP contribution is -2.03. The summed E-state index contributed by atoms with van der Waals surface area (Å²) in [6.07, 6.45) is 0. The Morgan fingerprint density at radius 3 is 2.59 bits per heavy atom. The van der Waals surface area contributed by atoms with Gasteiger partial charge in [-0.1, -0.05) is 18.2 Å². The lowest BCUT2D eigenvalue weighted by atomic mass is 10.2. The van der Waals surface area contributed by atoms with Crippen LogP contribution in [-0.2, 0) is 0 Å². The smallest absolute Gasteiger partial charge is 0.403 e. The molecule has 0 atom stereocenters. The van der Waals surface area contributed by atoms with Crippen molar-refractivity contribution in [1.82, 2.24) is 4.98 Å². The standard InChI is InChI=1S/C15H8F3NO2S/c16-15(17,18)22-10-5-3-4-9(8-10)13-19-12-7-2-1-6-11(12)14(20)21-13/h1-8H. The molecule has 3 rings (SSSR count). The number of thioether (sulfide) groups is 1. The van der Waals surface area contributed by atoms with Crippen molar-refractivity contribution in [2.75, 3.05) is 0 Å². The van der Waals surface area contributed by atoms with E-state index >= 15 is 0 Å². The van der Waals surface area contributed by atoms with Gasteiger partial charge in [0.05, 0.1) is 10.9 Å². The number of para-hydroxylation sites is 1. The van der Waals surface area contributed by atoms with E-state index in [0.29, 0.717) is 16.5 Å². The van der Waals surface area contributed by atoms with Crippen LogP contribution in [0.2, 0.25) is 0 Å². The predicted molar refractivity (Wildman–Crippen MR) is 77.6 cm³/mol. The minimum Gasteiger partial charge on any atom is -0.403 e. The zero-order valence-electron chi connectivity index (χ0n) is 10.9. The van der Waals surface area contributed by atoms with E-state index in [0.717, 1.165) is 0 Å². The van der Waals surface area contributed by atoms with Crippen LogP contribution in [0.5, 0.6) is 0 Å². The molecule has 1 heterocycles. The minimum absolute atomic E-state index is 0.00241. The summed E-state index contributed by atoms with van der Waals surface area (Å²) >= 11 is -0.230. The van der Waals surface area contributed by atoms with Gasteiger partial charge in [0.25, 0.3) is 0 Å². The van der Waals surface area contributed by atoms with Crippen molar-refractivity contribution in [3.8, 4) is 11.5 Å². The SMILES string of the molecule is O=c1oc(-c2cccc(SC(F)(F)F)c2)nc2ccccc12. The van der Waals surface area contributed by atoms with Crippen molar-refractivity contribution in [2.24, 2.45) is 0 Å². The van der Waals surface area contributed by atoms with Crippen molar-refractivity contribution in [3.05, 3.63) is 59.0 Å². The Kier molecular flexibility index (Phi) is 3.66. The fourth-order valence-corrected chi connectivity index (χ4v) is 2.57. The quantitative estimate of drug-likeness (QED) is 0.653. The van der Waals surface area contributed by atoms with Gasteiger partial charge in [0, 0.05) is 10.5 Å². The zero-order chi connectivity index (χ0) is 15.7. The van der Waals surface area contributed by atoms with Crippen LogP contribution in [0, 0.1) is 0 Å². The lowest BCUT2D eigenvalue weighted by Gasteiger charge is -2.07. The first-order valence-electron chi connectivity index (χ1n) is 6.18. The maximum atomic E-state index is 12.4. The van der Waals surface area contributed by atoms with Crippen molar-refractivity contribution < 1.29 is 17.6 Å². The largest absolute Gasteiger partial charge is 0.446 e. The molecule has 0 N–H and O–H groups in total. The summed E-state index contributed by atoms with van der Waals surface area (Å²) in [4.78, 5) is 16.1. The highest BCUT2D eigenvalue weighted by Crippen LogP contribution is 2.37. The lowest BCUT2D eigenvalue weighted by molar-refractivity contribution is -0.0328. The van der Waals surface area contributed by atoms with E-state index < -0.39 is 11.1 Å². The van der Waals surface area contributed by atoms with Gasteiger partial charge >= 0.3 is 11.1 Å². The molecule has 0 aliphatic heterocycles. The normalized spacial score (nSPS) is 11.8. The molecule has 2 aromatic carbocycles. The Bertz CT molecular complexity index is 890. The van der Waals surface area contributed by atoms with E-state index in [1.54, 1.807) is 30.3 Å². The number of aromatic nitrogens is 1. The number of rotatable bonds is 2. The summed E-state index contributed by atoms with van der Waals surface area (Å²) in [5.74, 6) is -0.00618. The molecule has 0 saturated carbocycles. The number of fused-ring (bicyclic) bond motifs is 1. The third kappa shape index (κ3) is 3.14. The Morgan fingerprint density at radius 1 is 1.05 bits per heavy atom. The third-order valence-corrected chi connectivity index (χ3v) is 3.57. The van der Waals surface area contributed by atoms with Gasteiger partial charge in [-0.2, -0.15) is 13.2 Å². The van der Waals surface area contributed by atoms with Crippen molar-refractivity contribution in [1.29, 1.82) is 0 Å². The van der Waals surface area contributed by atoms with E-state index in [2.05, 4.69) is 4.98 Å². The molecule has 22 heavy (non-hydrogen) atoms. The highest BCUT2D eigenvalue weighted by atomic mass is 32.2. The van der Waals surface area contributed by atoms with Gasteiger partial charge in [-0.05, 0) is 42.1 Å². The summed E-state index contributed by atoms with van der Waals surface area (Å²) in [5.41, 5.74) is -4.20. The monoisotopic (exact) mass is 323 g/mol. The number of hydrogen-bond donors (Lipinski definition) is 0. The Hall–Kier alpha value is -2.28. The molecule has 0 unspecified atom stereocenters. The molecule has 112 valence electrons. The second-order valence-electron chi connectivity index (χ2n) is 4.40. The molecule has 3 nitrogen and oxygen atoms in total. The molecule has 0 aliphatic carbocycles. The van der Waals surface area contributed by atoms with Gasteiger partial charge in [0.15, 0.2) is 0 Å². The van der Waals surface area contributed by atoms with Gasteiger partial charge < -0.3 is 4.42 Å². The second kappa shape index (κ2) is 5.49. The Labute approximate surface area is 126 Å². The van der Waals surface area contributed by atoms with Crippen LogP contribution in [-0.4, -0.2) is 10.5 Å².